The molecule has 0 saturated carbocycles. The maximum Gasteiger partial charge on any atom is 0.256 e. The highest BCUT2D eigenvalue weighted by Crippen LogP contribution is 2.29. The molecule has 70 valence electrons. The van der Waals surface area contributed by atoms with E-state index in [9.17, 15) is 0 Å². The first-order valence-electron chi connectivity index (χ1n) is 4.60. The third-order valence-corrected chi connectivity index (χ3v) is 3.15. The van der Waals surface area contributed by atoms with E-state index < -0.39 is 0 Å². The molecule has 0 amide bonds. The number of hydrogen-bond acceptors (Lipinski definition) is 3. The van der Waals surface area contributed by atoms with Gasteiger partial charge in [-0.2, -0.15) is 0 Å². The first-order valence-corrected chi connectivity index (χ1v) is 5.48. The van der Waals surface area contributed by atoms with E-state index in [-0.39, 0.29) is 0 Å². The van der Waals surface area contributed by atoms with Crippen LogP contribution < -0.4 is 0 Å². The van der Waals surface area contributed by atoms with Crippen LogP contribution in [0.15, 0.2) is 28.1 Å². The third kappa shape index (κ3) is 2.37. The van der Waals surface area contributed by atoms with E-state index in [4.69, 9.17) is 4.42 Å². The number of thioether (sulfide) groups is 1. The molecule has 1 unspecified atom stereocenters. The van der Waals surface area contributed by atoms with Crippen molar-refractivity contribution >= 4 is 11.8 Å². The molecule has 13 heavy (non-hydrogen) atoms. The largest absolute Gasteiger partial charge is 0.440 e. The molecule has 2 nitrogen and oxygen atoms in total. The smallest absolute Gasteiger partial charge is 0.256 e. The zero-order valence-electron chi connectivity index (χ0n) is 7.69. The summed E-state index contributed by atoms with van der Waals surface area (Å²) in [6.07, 6.45) is 9.96. The topological polar surface area (TPSA) is 26.0 Å². The van der Waals surface area contributed by atoms with Gasteiger partial charge < -0.3 is 4.42 Å². The molecular formula is C10H13NOS. The number of oxazole rings is 1. The Labute approximate surface area is 82.4 Å². The number of aromatic nitrogens is 1. The van der Waals surface area contributed by atoms with Crippen molar-refractivity contribution in [3.8, 4) is 0 Å². The van der Waals surface area contributed by atoms with Crippen LogP contribution in [0.2, 0.25) is 0 Å². The lowest BCUT2D eigenvalue weighted by atomic mass is 10.1. The van der Waals surface area contributed by atoms with Crippen molar-refractivity contribution in [3.05, 3.63) is 24.1 Å². The summed E-state index contributed by atoms with van der Waals surface area (Å²) in [6, 6.07) is 0. The molecule has 1 aromatic heterocycles. The van der Waals surface area contributed by atoms with Gasteiger partial charge in [-0.15, -0.1) is 0 Å². The zero-order valence-corrected chi connectivity index (χ0v) is 8.51. The number of rotatable bonds is 2. The van der Waals surface area contributed by atoms with Crippen LogP contribution in [-0.2, 0) is 0 Å². The Bertz CT molecular complexity index is 306. The van der Waals surface area contributed by atoms with Crippen LogP contribution in [0.5, 0.6) is 0 Å². The van der Waals surface area contributed by atoms with Gasteiger partial charge in [-0.05, 0) is 26.2 Å². The van der Waals surface area contributed by atoms with Gasteiger partial charge in [-0.3, -0.25) is 0 Å². The molecule has 3 heteroatoms. The van der Waals surface area contributed by atoms with Crippen molar-refractivity contribution < 1.29 is 4.42 Å². The summed E-state index contributed by atoms with van der Waals surface area (Å²) >= 11 is 1.72. The van der Waals surface area contributed by atoms with E-state index in [1.807, 2.05) is 6.92 Å². The van der Waals surface area contributed by atoms with Gasteiger partial charge in [-0.1, -0.05) is 23.9 Å². The Morgan fingerprint density at radius 3 is 3.15 bits per heavy atom. The van der Waals surface area contributed by atoms with Gasteiger partial charge >= 0.3 is 0 Å². The van der Waals surface area contributed by atoms with E-state index >= 15 is 0 Å². The lowest BCUT2D eigenvalue weighted by Crippen LogP contribution is -2.01. The van der Waals surface area contributed by atoms with Crippen LogP contribution in [0.25, 0.3) is 0 Å². The van der Waals surface area contributed by atoms with Gasteiger partial charge in [-0.25, -0.2) is 4.98 Å². The molecule has 0 aliphatic heterocycles. The molecule has 0 spiro atoms. The highest BCUT2D eigenvalue weighted by Gasteiger charge is 2.12. The van der Waals surface area contributed by atoms with Crippen molar-refractivity contribution in [1.29, 1.82) is 0 Å². The summed E-state index contributed by atoms with van der Waals surface area (Å²) < 4.78 is 5.28. The van der Waals surface area contributed by atoms with E-state index in [0.717, 1.165) is 10.9 Å². The third-order valence-electron chi connectivity index (χ3n) is 2.06. The molecule has 0 aromatic carbocycles. The molecule has 1 aliphatic carbocycles. The molecule has 1 atom stereocenters. The van der Waals surface area contributed by atoms with E-state index in [1.165, 1.54) is 19.3 Å². The SMILES string of the molecule is Cc1coc(SC2C=CCCC2)n1. The lowest BCUT2D eigenvalue weighted by molar-refractivity contribution is 0.453. The highest BCUT2D eigenvalue weighted by molar-refractivity contribution is 7.99. The van der Waals surface area contributed by atoms with Crippen molar-refractivity contribution in [2.24, 2.45) is 0 Å². The quantitative estimate of drug-likeness (QED) is 0.678. The van der Waals surface area contributed by atoms with E-state index in [0.29, 0.717) is 5.25 Å². The summed E-state index contributed by atoms with van der Waals surface area (Å²) in [7, 11) is 0. The summed E-state index contributed by atoms with van der Waals surface area (Å²) in [5.74, 6) is 0. The Balaban J connectivity index is 1.97. The van der Waals surface area contributed by atoms with Gasteiger partial charge in [0, 0.05) is 5.25 Å². The molecule has 0 radical (unpaired) electrons. The lowest BCUT2D eigenvalue weighted by Gasteiger charge is -2.12. The standard InChI is InChI=1S/C10H13NOS/c1-8-7-12-10(11-8)13-9-5-3-2-4-6-9/h3,5,7,9H,2,4,6H2,1H3. The van der Waals surface area contributed by atoms with Crippen molar-refractivity contribution in [2.75, 3.05) is 0 Å². The number of allylic oxidation sites excluding steroid dienone is 1. The van der Waals surface area contributed by atoms with E-state index in [1.54, 1.807) is 18.0 Å². The van der Waals surface area contributed by atoms with Crippen LogP contribution >= 0.6 is 11.8 Å². The van der Waals surface area contributed by atoms with Gasteiger partial charge in [0.05, 0.1) is 5.69 Å². The van der Waals surface area contributed by atoms with Crippen LogP contribution in [0.3, 0.4) is 0 Å². The maximum atomic E-state index is 5.28. The number of nitrogens with zero attached hydrogens (tertiary/aromatic N) is 1. The second-order valence-corrected chi connectivity index (χ2v) is 4.46. The fourth-order valence-electron chi connectivity index (χ4n) is 1.40. The van der Waals surface area contributed by atoms with Crippen LogP contribution in [-0.4, -0.2) is 10.2 Å². The molecule has 0 bridgehead atoms. The average molecular weight is 195 g/mol. The van der Waals surface area contributed by atoms with Crippen LogP contribution in [0.4, 0.5) is 0 Å². The fraction of sp³-hybridized carbons (Fsp3) is 0.500. The minimum atomic E-state index is 0.562. The van der Waals surface area contributed by atoms with Gasteiger partial charge in [0.2, 0.25) is 0 Å². The van der Waals surface area contributed by atoms with Gasteiger partial charge in [0.15, 0.2) is 0 Å². The molecule has 1 heterocycles. The molecule has 1 aromatic rings. The van der Waals surface area contributed by atoms with Crippen LogP contribution in [0, 0.1) is 6.92 Å². The molecule has 0 N–H and O–H groups in total. The van der Waals surface area contributed by atoms with Gasteiger partial charge in [0.1, 0.15) is 6.26 Å². The van der Waals surface area contributed by atoms with Crippen LogP contribution in [0.1, 0.15) is 25.0 Å². The normalized spacial score (nSPS) is 22.1. The zero-order chi connectivity index (χ0) is 9.10. The Hall–Kier alpha value is -0.700. The molecular weight excluding hydrogens is 182 g/mol. The number of hydrogen-bond donors (Lipinski definition) is 0. The minimum absolute atomic E-state index is 0.562. The minimum Gasteiger partial charge on any atom is -0.440 e. The second kappa shape index (κ2) is 4.01. The Morgan fingerprint density at radius 2 is 2.54 bits per heavy atom. The Kier molecular flexibility index (Phi) is 2.74. The number of aryl methyl sites for hydroxylation is 1. The molecule has 0 fully saturated rings. The summed E-state index contributed by atoms with van der Waals surface area (Å²) in [5, 5.41) is 1.36. The maximum absolute atomic E-state index is 5.28. The monoisotopic (exact) mass is 195 g/mol. The highest BCUT2D eigenvalue weighted by atomic mass is 32.2. The average Bonchev–Trinajstić information content (AvgIpc) is 2.53. The Morgan fingerprint density at radius 1 is 1.62 bits per heavy atom. The summed E-state index contributed by atoms with van der Waals surface area (Å²) in [4.78, 5) is 4.27. The molecule has 2 rings (SSSR count). The second-order valence-electron chi connectivity index (χ2n) is 3.27. The predicted molar refractivity (Wildman–Crippen MR) is 53.9 cm³/mol. The van der Waals surface area contributed by atoms with Crippen molar-refractivity contribution in [1.82, 2.24) is 4.98 Å². The van der Waals surface area contributed by atoms with Crippen molar-refractivity contribution in [3.63, 3.8) is 0 Å². The predicted octanol–water partition coefficient (Wildman–Crippen LogP) is 3.18. The fourth-order valence-corrected chi connectivity index (χ4v) is 2.43. The first-order chi connectivity index (χ1) is 6.34. The van der Waals surface area contributed by atoms with E-state index in [2.05, 4.69) is 17.1 Å². The summed E-state index contributed by atoms with van der Waals surface area (Å²) in [6.45, 7) is 1.95. The first kappa shape index (κ1) is 8.88. The van der Waals surface area contributed by atoms with Gasteiger partial charge in [0.25, 0.3) is 5.22 Å². The molecule has 1 aliphatic rings. The van der Waals surface area contributed by atoms with Crippen molar-refractivity contribution in [2.45, 2.75) is 36.7 Å². The summed E-state index contributed by atoms with van der Waals surface area (Å²) in [5.41, 5.74) is 0.960. The molecule has 0 saturated heterocycles.